The van der Waals surface area contributed by atoms with Gasteiger partial charge in [0, 0.05) is 0 Å². The van der Waals surface area contributed by atoms with Gasteiger partial charge in [-0.25, -0.2) is 0 Å². The fourth-order valence-corrected chi connectivity index (χ4v) is 3.89. The summed E-state index contributed by atoms with van der Waals surface area (Å²) in [6, 6.07) is 0. The molecule has 1 saturated heterocycles. The predicted octanol–water partition coefficient (Wildman–Crippen LogP) is -0.159. The van der Waals surface area contributed by atoms with Crippen LogP contribution in [0.25, 0.3) is 0 Å². The quantitative estimate of drug-likeness (QED) is 0.561. The van der Waals surface area contributed by atoms with Crippen molar-refractivity contribution in [3.63, 3.8) is 0 Å². The summed E-state index contributed by atoms with van der Waals surface area (Å²) in [5.41, 5.74) is 0. The minimum Gasteiger partial charge on any atom is -0.458 e. The van der Waals surface area contributed by atoms with Gasteiger partial charge in [0.15, 0.2) is 5.75 Å². The smallest absolute Gasteiger partial charge is 0.324 e. The third-order valence-corrected chi connectivity index (χ3v) is 4.67. The maximum atomic E-state index is 11.3. The summed E-state index contributed by atoms with van der Waals surface area (Å²) in [5, 5.41) is 0. The second-order valence-corrected chi connectivity index (χ2v) is 6.59. The van der Waals surface area contributed by atoms with Crippen molar-refractivity contribution >= 4 is 16.1 Å². The number of carbonyl (C=O) groups excluding carboxylic acids is 1. The van der Waals surface area contributed by atoms with Gasteiger partial charge in [-0.15, -0.1) is 0 Å². The Bertz CT molecular complexity index is 442. The Kier molecular flexibility index (Phi) is 2.46. The third-order valence-electron chi connectivity index (χ3n) is 4.07. The van der Waals surface area contributed by atoms with Gasteiger partial charge in [-0.3, -0.25) is 9.35 Å². The van der Waals surface area contributed by atoms with Crippen LogP contribution in [0.3, 0.4) is 0 Å². The molecule has 96 valence electrons. The summed E-state index contributed by atoms with van der Waals surface area (Å²) in [6.45, 7) is 0.720. The van der Waals surface area contributed by atoms with Crippen molar-refractivity contribution in [2.45, 2.75) is 25.0 Å². The first-order valence-electron chi connectivity index (χ1n) is 5.70. The van der Waals surface area contributed by atoms with Gasteiger partial charge in [-0.1, -0.05) is 0 Å². The molecule has 2 bridgehead atoms. The normalized spacial score (nSPS) is 43.0. The summed E-state index contributed by atoms with van der Waals surface area (Å²) in [7, 11) is -4.31. The lowest BCUT2D eigenvalue weighted by atomic mass is 9.88. The first-order valence-corrected chi connectivity index (χ1v) is 7.31. The van der Waals surface area contributed by atoms with Crippen LogP contribution in [-0.4, -0.2) is 43.5 Å². The van der Waals surface area contributed by atoms with E-state index < -0.39 is 21.8 Å². The van der Waals surface area contributed by atoms with E-state index in [0.717, 1.165) is 19.4 Å². The number of ether oxygens (including phenoxy) is 2. The van der Waals surface area contributed by atoms with Crippen LogP contribution in [0, 0.1) is 17.8 Å². The van der Waals surface area contributed by atoms with Gasteiger partial charge in [0.05, 0.1) is 12.7 Å². The van der Waals surface area contributed by atoms with Crippen LogP contribution < -0.4 is 0 Å². The van der Waals surface area contributed by atoms with Gasteiger partial charge in [0.1, 0.15) is 6.10 Å². The molecule has 0 radical (unpaired) electrons. The summed E-state index contributed by atoms with van der Waals surface area (Å²) in [5.74, 6) is -0.526. The van der Waals surface area contributed by atoms with Crippen LogP contribution in [0.15, 0.2) is 0 Å². The second-order valence-electron chi connectivity index (χ2n) is 5.13. The number of rotatable bonds is 3. The fourth-order valence-electron chi connectivity index (χ4n) is 3.53. The average molecular weight is 262 g/mol. The van der Waals surface area contributed by atoms with Crippen LogP contribution in [0.4, 0.5) is 0 Å². The van der Waals surface area contributed by atoms with Crippen LogP contribution in [0.5, 0.6) is 0 Å². The Morgan fingerprint density at radius 1 is 1.35 bits per heavy atom. The van der Waals surface area contributed by atoms with Gasteiger partial charge in [0.25, 0.3) is 10.1 Å². The van der Waals surface area contributed by atoms with Gasteiger partial charge >= 0.3 is 5.97 Å². The lowest BCUT2D eigenvalue weighted by Crippen LogP contribution is -2.37. The van der Waals surface area contributed by atoms with E-state index in [1.165, 1.54) is 0 Å². The zero-order chi connectivity index (χ0) is 12.2. The molecule has 2 aliphatic carbocycles. The van der Waals surface area contributed by atoms with E-state index in [2.05, 4.69) is 0 Å². The summed E-state index contributed by atoms with van der Waals surface area (Å²) < 4.78 is 40.4. The monoisotopic (exact) mass is 262 g/mol. The zero-order valence-corrected chi connectivity index (χ0v) is 9.93. The van der Waals surface area contributed by atoms with Crippen LogP contribution in [0.2, 0.25) is 0 Å². The van der Waals surface area contributed by atoms with E-state index in [1.807, 2.05) is 0 Å². The first-order chi connectivity index (χ1) is 7.94. The van der Waals surface area contributed by atoms with E-state index in [-0.39, 0.29) is 12.2 Å². The Balaban J connectivity index is 1.65. The maximum absolute atomic E-state index is 11.3. The molecule has 17 heavy (non-hydrogen) atoms. The highest BCUT2D eigenvalue weighted by molar-refractivity contribution is 7.86. The molecular formula is C10H14O6S. The molecule has 0 aromatic heterocycles. The van der Waals surface area contributed by atoms with Crippen LogP contribution >= 0.6 is 0 Å². The fraction of sp³-hybridized carbons (Fsp3) is 0.900. The Morgan fingerprint density at radius 3 is 2.82 bits per heavy atom. The van der Waals surface area contributed by atoms with Crippen molar-refractivity contribution in [3.05, 3.63) is 0 Å². The Morgan fingerprint density at radius 2 is 2.12 bits per heavy atom. The summed E-state index contributed by atoms with van der Waals surface area (Å²) >= 11 is 0. The Hall–Kier alpha value is -0.660. The molecule has 3 fully saturated rings. The van der Waals surface area contributed by atoms with Crippen molar-refractivity contribution in [1.82, 2.24) is 0 Å². The molecule has 2 saturated carbocycles. The molecule has 5 unspecified atom stereocenters. The van der Waals surface area contributed by atoms with Crippen molar-refractivity contribution in [2.75, 3.05) is 12.4 Å². The van der Waals surface area contributed by atoms with Gasteiger partial charge in [-0.05, 0) is 30.6 Å². The van der Waals surface area contributed by atoms with E-state index in [1.54, 1.807) is 0 Å². The highest BCUT2D eigenvalue weighted by Gasteiger charge is 2.58. The number of carbonyl (C=O) groups is 1. The molecule has 7 heteroatoms. The molecule has 0 aromatic carbocycles. The Labute approximate surface area is 99.0 Å². The molecule has 1 N–H and O–H groups in total. The molecule has 3 aliphatic rings. The number of hydrogen-bond donors (Lipinski definition) is 1. The predicted molar refractivity (Wildman–Crippen MR) is 55.7 cm³/mol. The molecule has 0 spiro atoms. The molecule has 6 nitrogen and oxygen atoms in total. The number of hydrogen-bond acceptors (Lipinski definition) is 5. The summed E-state index contributed by atoms with van der Waals surface area (Å²) in [6.07, 6.45) is 1.60. The van der Waals surface area contributed by atoms with Gasteiger partial charge < -0.3 is 9.47 Å². The lowest BCUT2D eigenvalue weighted by Gasteiger charge is -2.26. The summed E-state index contributed by atoms with van der Waals surface area (Å²) in [4.78, 5) is 11.3. The van der Waals surface area contributed by atoms with E-state index >= 15 is 0 Å². The van der Waals surface area contributed by atoms with E-state index in [9.17, 15) is 13.2 Å². The van der Waals surface area contributed by atoms with Gasteiger partial charge in [0.2, 0.25) is 0 Å². The zero-order valence-electron chi connectivity index (χ0n) is 9.11. The van der Waals surface area contributed by atoms with E-state index in [4.69, 9.17) is 14.0 Å². The lowest BCUT2D eigenvalue weighted by molar-refractivity contribution is -0.154. The topological polar surface area (TPSA) is 89.9 Å². The molecule has 5 atom stereocenters. The average Bonchev–Trinajstić information content (AvgIpc) is 2.73. The maximum Gasteiger partial charge on any atom is 0.324 e. The molecular weight excluding hydrogens is 248 g/mol. The van der Waals surface area contributed by atoms with Crippen molar-refractivity contribution in [1.29, 1.82) is 0 Å². The number of fused-ring (bicyclic) bond motifs is 1. The van der Waals surface area contributed by atoms with Crippen molar-refractivity contribution in [3.8, 4) is 0 Å². The van der Waals surface area contributed by atoms with Crippen molar-refractivity contribution in [2.24, 2.45) is 17.8 Å². The highest BCUT2D eigenvalue weighted by Crippen LogP contribution is 2.54. The SMILES string of the molecule is O=C(CS(=O)(=O)O)OC1C2CC3COC1C3C2. The second kappa shape index (κ2) is 3.66. The highest BCUT2D eigenvalue weighted by atomic mass is 32.2. The standard InChI is InChI=1S/C10H14O6S/c11-8(4-17(12,13)14)16-9-5-1-6-3-15-10(9)7(6)2-5/h5-7,9-10H,1-4H2,(H,12,13,14). The molecule has 0 aromatic rings. The number of esters is 1. The molecule has 3 rings (SSSR count). The minimum absolute atomic E-state index is 0.0657. The van der Waals surface area contributed by atoms with Crippen LogP contribution in [0.1, 0.15) is 12.8 Å². The molecule has 0 amide bonds. The largest absolute Gasteiger partial charge is 0.458 e. The van der Waals surface area contributed by atoms with Gasteiger partial charge in [-0.2, -0.15) is 8.42 Å². The van der Waals surface area contributed by atoms with Crippen molar-refractivity contribution < 1.29 is 27.2 Å². The van der Waals surface area contributed by atoms with Crippen LogP contribution in [-0.2, 0) is 24.4 Å². The molecule has 1 aliphatic heterocycles. The third kappa shape index (κ3) is 1.96. The minimum atomic E-state index is -4.31. The molecule has 1 heterocycles. The van der Waals surface area contributed by atoms with E-state index in [0.29, 0.717) is 17.8 Å². The first kappa shape index (κ1) is 11.4.